The lowest BCUT2D eigenvalue weighted by molar-refractivity contribution is -0.137. The van der Waals surface area contributed by atoms with Crippen LogP contribution < -0.4 is 4.90 Å². The van der Waals surface area contributed by atoms with E-state index < -0.39 is 11.7 Å². The summed E-state index contributed by atoms with van der Waals surface area (Å²) in [5, 5.41) is 0.782. The Morgan fingerprint density at radius 2 is 1.89 bits per heavy atom. The number of nitrogens with zero attached hydrogens (tertiary/aromatic N) is 1. The molecule has 0 N–H and O–H groups in total. The van der Waals surface area contributed by atoms with Crippen LogP contribution in [0.1, 0.15) is 25.3 Å². The molecule has 0 aliphatic heterocycles. The Bertz CT molecular complexity index is 407. The summed E-state index contributed by atoms with van der Waals surface area (Å²) in [6.07, 6.45) is -2.23. The van der Waals surface area contributed by atoms with Crippen molar-refractivity contribution in [3.8, 4) is 0 Å². The Kier molecular flexibility index (Phi) is 6.66. The van der Waals surface area contributed by atoms with Gasteiger partial charge in [0.15, 0.2) is 0 Å². The van der Waals surface area contributed by atoms with Gasteiger partial charge in [-0.25, -0.2) is 0 Å². The predicted molar refractivity (Wildman–Crippen MR) is 80.1 cm³/mol. The largest absolute Gasteiger partial charge is 0.416 e. The van der Waals surface area contributed by atoms with E-state index in [0.717, 1.165) is 49.1 Å². The first-order valence-corrected chi connectivity index (χ1v) is 7.99. The Labute approximate surface area is 128 Å². The van der Waals surface area contributed by atoms with Gasteiger partial charge in [-0.2, -0.15) is 13.2 Å². The predicted octanol–water partition coefficient (Wildman–Crippen LogP) is 5.47. The van der Waals surface area contributed by atoms with Crippen LogP contribution in [-0.4, -0.2) is 18.4 Å². The molecule has 6 heteroatoms. The zero-order valence-electron chi connectivity index (χ0n) is 10.6. The van der Waals surface area contributed by atoms with E-state index in [1.54, 1.807) is 0 Å². The van der Waals surface area contributed by atoms with Crippen LogP contribution in [-0.2, 0) is 6.18 Å². The van der Waals surface area contributed by atoms with Gasteiger partial charge in [0.1, 0.15) is 0 Å². The standard InChI is InChI=1S/C13H16Br2F3N/c1-2-3-7-19(8-6-14)12-5-4-10(9-11(12)15)13(16,17)18/h4-5,9H,2-3,6-8H2,1H3. The summed E-state index contributed by atoms with van der Waals surface area (Å²) in [5.74, 6) is 0. The van der Waals surface area contributed by atoms with E-state index in [1.807, 2.05) is 0 Å². The first-order valence-electron chi connectivity index (χ1n) is 6.07. The van der Waals surface area contributed by atoms with Crippen LogP contribution in [0.25, 0.3) is 0 Å². The smallest absolute Gasteiger partial charge is 0.370 e. The van der Waals surface area contributed by atoms with Crippen molar-refractivity contribution in [3.63, 3.8) is 0 Å². The molecule has 0 atom stereocenters. The van der Waals surface area contributed by atoms with Crippen LogP contribution in [0.4, 0.5) is 18.9 Å². The SMILES string of the molecule is CCCCN(CCBr)c1ccc(C(F)(F)F)cc1Br. The molecule has 0 fully saturated rings. The average molecular weight is 403 g/mol. The van der Waals surface area contributed by atoms with Crippen LogP contribution in [0, 0.1) is 0 Å². The molecule has 1 aromatic carbocycles. The van der Waals surface area contributed by atoms with E-state index in [0.29, 0.717) is 4.47 Å². The minimum absolute atomic E-state index is 0.486. The third-order valence-electron chi connectivity index (χ3n) is 2.75. The van der Waals surface area contributed by atoms with Crippen LogP contribution in [0.3, 0.4) is 0 Å². The number of hydrogen-bond acceptors (Lipinski definition) is 1. The molecule has 108 valence electrons. The number of unbranched alkanes of at least 4 members (excludes halogenated alkanes) is 1. The number of anilines is 1. The minimum Gasteiger partial charge on any atom is -0.370 e. The van der Waals surface area contributed by atoms with E-state index >= 15 is 0 Å². The number of halogens is 5. The van der Waals surface area contributed by atoms with Gasteiger partial charge in [-0.3, -0.25) is 0 Å². The molecule has 0 amide bonds. The third kappa shape index (κ3) is 4.99. The van der Waals surface area contributed by atoms with Crippen LogP contribution >= 0.6 is 31.9 Å². The van der Waals surface area contributed by atoms with Crippen molar-refractivity contribution in [3.05, 3.63) is 28.2 Å². The van der Waals surface area contributed by atoms with Gasteiger partial charge >= 0.3 is 6.18 Å². The minimum atomic E-state index is -4.30. The molecule has 1 aromatic rings. The molecule has 0 aromatic heterocycles. The normalized spacial score (nSPS) is 11.7. The molecule has 0 radical (unpaired) electrons. The fourth-order valence-corrected chi connectivity index (χ4v) is 2.80. The van der Waals surface area contributed by atoms with E-state index in [4.69, 9.17) is 0 Å². The molecular weight excluding hydrogens is 387 g/mol. The summed E-state index contributed by atoms with van der Waals surface area (Å²) in [7, 11) is 0. The van der Waals surface area contributed by atoms with Crippen molar-refractivity contribution in [1.29, 1.82) is 0 Å². The fraction of sp³-hybridized carbons (Fsp3) is 0.538. The maximum Gasteiger partial charge on any atom is 0.416 e. The molecule has 0 aliphatic rings. The van der Waals surface area contributed by atoms with Crippen LogP contribution in [0.15, 0.2) is 22.7 Å². The Balaban J connectivity index is 2.97. The Hall–Kier alpha value is -0.230. The summed E-state index contributed by atoms with van der Waals surface area (Å²) in [4.78, 5) is 2.09. The Morgan fingerprint density at radius 3 is 2.37 bits per heavy atom. The maximum atomic E-state index is 12.6. The summed E-state index contributed by atoms with van der Waals surface area (Å²) in [6, 6.07) is 3.81. The molecule has 0 unspecified atom stereocenters. The van der Waals surface area contributed by atoms with Crippen molar-refractivity contribution in [2.75, 3.05) is 23.3 Å². The molecule has 19 heavy (non-hydrogen) atoms. The second-order valence-electron chi connectivity index (χ2n) is 4.19. The lowest BCUT2D eigenvalue weighted by Gasteiger charge is -2.25. The summed E-state index contributed by atoms with van der Waals surface area (Å²) >= 11 is 6.62. The lowest BCUT2D eigenvalue weighted by atomic mass is 10.2. The van der Waals surface area contributed by atoms with Gasteiger partial charge in [-0.1, -0.05) is 29.3 Å². The van der Waals surface area contributed by atoms with Gasteiger partial charge in [0.05, 0.1) is 11.3 Å². The van der Waals surface area contributed by atoms with Crippen molar-refractivity contribution in [1.82, 2.24) is 0 Å². The third-order valence-corrected chi connectivity index (χ3v) is 3.74. The van der Waals surface area contributed by atoms with Gasteiger partial charge in [-0.15, -0.1) is 0 Å². The van der Waals surface area contributed by atoms with Gasteiger partial charge in [0.25, 0.3) is 0 Å². The highest BCUT2D eigenvalue weighted by molar-refractivity contribution is 9.10. The molecule has 0 bridgehead atoms. The summed E-state index contributed by atoms with van der Waals surface area (Å²) in [6.45, 7) is 3.70. The second kappa shape index (κ2) is 7.53. The van der Waals surface area contributed by atoms with Crippen molar-refractivity contribution >= 4 is 37.5 Å². The zero-order valence-corrected chi connectivity index (χ0v) is 13.8. The van der Waals surface area contributed by atoms with Gasteiger partial charge < -0.3 is 4.90 Å². The molecule has 0 saturated carbocycles. The lowest BCUT2D eigenvalue weighted by Crippen LogP contribution is -2.27. The Morgan fingerprint density at radius 1 is 1.21 bits per heavy atom. The van der Waals surface area contributed by atoms with Gasteiger partial charge in [0, 0.05) is 22.9 Å². The number of benzene rings is 1. The molecule has 1 rings (SSSR count). The number of hydrogen-bond donors (Lipinski definition) is 0. The highest BCUT2D eigenvalue weighted by Gasteiger charge is 2.31. The van der Waals surface area contributed by atoms with E-state index in [-0.39, 0.29) is 0 Å². The first-order chi connectivity index (χ1) is 8.90. The highest BCUT2D eigenvalue weighted by Crippen LogP contribution is 2.35. The fourth-order valence-electron chi connectivity index (χ4n) is 1.74. The van der Waals surface area contributed by atoms with Gasteiger partial charge in [-0.05, 0) is 40.5 Å². The molecular formula is C13H16Br2F3N. The van der Waals surface area contributed by atoms with E-state index in [9.17, 15) is 13.2 Å². The van der Waals surface area contributed by atoms with Crippen molar-refractivity contribution in [2.45, 2.75) is 25.9 Å². The molecule has 0 spiro atoms. The summed E-state index contributed by atoms with van der Waals surface area (Å²) < 4.78 is 38.3. The average Bonchev–Trinajstić information content (AvgIpc) is 2.33. The van der Waals surface area contributed by atoms with E-state index in [1.165, 1.54) is 6.07 Å². The quantitative estimate of drug-likeness (QED) is 0.570. The number of alkyl halides is 4. The monoisotopic (exact) mass is 401 g/mol. The maximum absolute atomic E-state index is 12.6. The van der Waals surface area contributed by atoms with E-state index in [2.05, 4.69) is 43.7 Å². The van der Waals surface area contributed by atoms with Crippen LogP contribution in [0.5, 0.6) is 0 Å². The van der Waals surface area contributed by atoms with Crippen molar-refractivity contribution in [2.24, 2.45) is 0 Å². The van der Waals surface area contributed by atoms with Crippen molar-refractivity contribution < 1.29 is 13.2 Å². The molecule has 0 aliphatic carbocycles. The van der Waals surface area contributed by atoms with Gasteiger partial charge in [0.2, 0.25) is 0 Å². The first kappa shape index (κ1) is 16.8. The molecule has 0 heterocycles. The molecule has 0 saturated heterocycles. The number of rotatable bonds is 6. The molecule has 1 nitrogen and oxygen atoms in total. The van der Waals surface area contributed by atoms with Crippen LogP contribution in [0.2, 0.25) is 0 Å². The second-order valence-corrected chi connectivity index (χ2v) is 5.84. The highest BCUT2D eigenvalue weighted by atomic mass is 79.9. The zero-order chi connectivity index (χ0) is 14.5. The topological polar surface area (TPSA) is 3.24 Å². The summed E-state index contributed by atoms with van der Waals surface area (Å²) in [5.41, 5.74) is 0.179.